The summed E-state index contributed by atoms with van der Waals surface area (Å²) in [6.45, 7) is 2.49. The maximum atomic E-state index is 5.80. The Kier molecular flexibility index (Phi) is 3.95. The predicted octanol–water partition coefficient (Wildman–Crippen LogP) is 3.21. The molecule has 0 saturated heterocycles. The van der Waals surface area contributed by atoms with E-state index in [1.54, 1.807) is 0 Å². The summed E-state index contributed by atoms with van der Waals surface area (Å²) in [6.07, 6.45) is 0. The van der Waals surface area contributed by atoms with Crippen molar-refractivity contribution >= 4 is 17.2 Å². The van der Waals surface area contributed by atoms with Crippen LogP contribution in [0, 0.1) is 6.92 Å². The van der Waals surface area contributed by atoms with E-state index in [2.05, 4.69) is 0 Å². The third kappa shape index (κ3) is 2.87. The van der Waals surface area contributed by atoms with Crippen molar-refractivity contribution in [2.45, 2.75) is 13.5 Å². The van der Waals surface area contributed by atoms with Gasteiger partial charge in [0.1, 0.15) is 17.3 Å². The van der Waals surface area contributed by atoms with Crippen LogP contribution >= 0.6 is 12.2 Å². The molecule has 0 bridgehead atoms. The average molecular weight is 257 g/mol. The third-order valence-corrected chi connectivity index (χ3v) is 2.98. The molecule has 0 unspecified atom stereocenters. The first-order chi connectivity index (χ1) is 8.68. The molecular formula is C15H15NOS. The largest absolute Gasteiger partial charge is 0.489 e. The van der Waals surface area contributed by atoms with Gasteiger partial charge in [0, 0.05) is 5.56 Å². The molecule has 0 atom stereocenters. The number of hydrogen-bond donors (Lipinski definition) is 1. The van der Waals surface area contributed by atoms with Crippen LogP contribution in [0.4, 0.5) is 0 Å². The molecule has 0 fully saturated rings. The molecule has 0 heterocycles. The summed E-state index contributed by atoms with van der Waals surface area (Å²) in [4.78, 5) is 0.402. The fourth-order valence-electron chi connectivity index (χ4n) is 1.76. The lowest BCUT2D eigenvalue weighted by atomic mass is 10.1. The van der Waals surface area contributed by atoms with Gasteiger partial charge in [-0.1, -0.05) is 54.7 Å². The number of aryl methyl sites for hydroxylation is 1. The Morgan fingerprint density at radius 3 is 2.50 bits per heavy atom. The molecule has 0 aliphatic heterocycles. The lowest BCUT2D eigenvalue weighted by Crippen LogP contribution is -2.13. The number of thiocarbonyl (C=S) groups is 1. The highest BCUT2D eigenvalue weighted by atomic mass is 32.1. The summed E-state index contributed by atoms with van der Waals surface area (Å²) in [5, 5.41) is 0. The van der Waals surface area contributed by atoms with Crippen LogP contribution in [0.25, 0.3) is 0 Å². The molecule has 0 aliphatic carbocycles. The fourth-order valence-corrected chi connectivity index (χ4v) is 1.96. The molecule has 0 aliphatic rings. The Balaban J connectivity index is 2.16. The number of benzene rings is 2. The topological polar surface area (TPSA) is 35.2 Å². The fraction of sp³-hybridized carbons (Fsp3) is 0.133. The number of nitrogens with two attached hydrogens (primary N) is 1. The molecule has 18 heavy (non-hydrogen) atoms. The average Bonchev–Trinajstić information content (AvgIpc) is 2.38. The summed E-state index contributed by atoms with van der Waals surface area (Å²) in [5.41, 5.74) is 8.69. The van der Waals surface area contributed by atoms with E-state index in [-0.39, 0.29) is 0 Å². The first kappa shape index (κ1) is 12.6. The van der Waals surface area contributed by atoms with Crippen molar-refractivity contribution in [2.75, 3.05) is 0 Å². The molecule has 2 rings (SSSR count). The lowest BCUT2D eigenvalue weighted by Gasteiger charge is -2.11. The van der Waals surface area contributed by atoms with Crippen LogP contribution in [0.15, 0.2) is 48.5 Å². The van der Waals surface area contributed by atoms with E-state index in [0.717, 1.165) is 22.4 Å². The van der Waals surface area contributed by atoms with E-state index >= 15 is 0 Å². The molecule has 2 nitrogen and oxygen atoms in total. The minimum atomic E-state index is 0.402. The molecule has 2 aromatic rings. The molecule has 2 N–H and O–H groups in total. The third-order valence-electron chi connectivity index (χ3n) is 2.76. The van der Waals surface area contributed by atoms with Gasteiger partial charge in [-0.3, -0.25) is 0 Å². The maximum absolute atomic E-state index is 5.80. The molecular weight excluding hydrogens is 242 g/mol. The van der Waals surface area contributed by atoms with E-state index in [1.807, 2.05) is 55.5 Å². The predicted molar refractivity (Wildman–Crippen MR) is 77.8 cm³/mol. The van der Waals surface area contributed by atoms with Crippen molar-refractivity contribution < 1.29 is 4.74 Å². The number of ether oxygens (including phenoxy) is 1. The highest BCUT2D eigenvalue weighted by Gasteiger charge is 2.05. The van der Waals surface area contributed by atoms with E-state index < -0.39 is 0 Å². The second-order valence-electron chi connectivity index (χ2n) is 4.08. The highest BCUT2D eigenvalue weighted by Crippen LogP contribution is 2.19. The van der Waals surface area contributed by atoms with Gasteiger partial charge in [-0.25, -0.2) is 0 Å². The zero-order valence-electron chi connectivity index (χ0n) is 10.2. The van der Waals surface area contributed by atoms with E-state index in [0.29, 0.717) is 11.6 Å². The molecule has 92 valence electrons. The van der Waals surface area contributed by atoms with Crippen LogP contribution in [0.5, 0.6) is 5.75 Å². The zero-order valence-corrected chi connectivity index (χ0v) is 11.0. The van der Waals surface area contributed by atoms with Crippen molar-refractivity contribution in [1.29, 1.82) is 0 Å². The number of rotatable bonds is 4. The smallest absolute Gasteiger partial charge is 0.122 e. The number of hydrogen-bond acceptors (Lipinski definition) is 2. The van der Waals surface area contributed by atoms with Crippen molar-refractivity contribution in [3.8, 4) is 5.75 Å². The van der Waals surface area contributed by atoms with Gasteiger partial charge in [-0.15, -0.1) is 0 Å². The molecule has 0 amide bonds. The summed E-state index contributed by atoms with van der Waals surface area (Å²) in [6, 6.07) is 15.7. The van der Waals surface area contributed by atoms with Crippen molar-refractivity contribution in [3.05, 3.63) is 65.2 Å². The Morgan fingerprint density at radius 1 is 1.11 bits per heavy atom. The van der Waals surface area contributed by atoms with E-state index in [9.17, 15) is 0 Å². The zero-order chi connectivity index (χ0) is 13.0. The number of para-hydroxylation sites is 1. The molecule has 0 saturated carbocycles. The SMILES string of the molecule is Cc1ccccc1OCc1ccccc1C(N)=S. The van der Waals surface area contributed by atoms with E-state index in [1.165, 1.54) is 0 Å². The van der Waals surface area contributed by atoms with Gasteiger partial charge in [0.2, 0.25) is 0 Å². The Hall–Kier alpha value is -1.87. The molecule has 2 aromatic carbocycles. The molecule has 3 heteroatoms. The molecule has 0 spiro atoms. The van der Waals surface area contributed by atoms with Gasteiger partial charge < -0.3 is 10.5 Å². The molecule has 0 aromatic heterocycles. The van der Waals surface area contributed by atoms with E-state index in [4.69, 9.17) is 22.7 Å². The van der Waals surface area contributed by atoms with Crippen molar-refractivity contribution in [3.63, 3.8) is 0 Å². The molecule has 0 radical (unpaired) electrons. The minimum absolute atomic E-state index is 0.402. The summed E-state index contributed by atoms with van der Waals surface area (Å²) in [5.74, 6) is 0.884. The van der Waals surface area contributed by atoms with Gasteiger partial charge in [-0.2, -0.15) is 0 Å². The second kappa shape index (κ2) is 5.65. The Morgan fingerprint density at radius 2 is 1.78 bits per heavy atom. The van der Waals surface area contributed by atoms with Gasteiger partial charge in [-0.05, 0) is 24.1 Å². The summed E-state index contributed by atoms with van der Waals surface area (Å²) in [7, 11) is 0. The monoisotopic (exact) mass is 257 g/mol. The van der Waals surface area contributed by atoms with Gasteiger partial charge in [0.05, 0.1) is 0 Å². The summed E-state index contributed by atoms with van der Waals surface area (Å²) >= 11 is 5.03. The van der Waals surface area contributed by atoms with Crippen LogP contribution in [0.1, 0.15) is 16.7 Å². The lowest BCUT2D eigenvalue weighted by molar-refractivity contribution is 0.304. The standard InChI is InChI=1S/C15H15NOS/c1-11-6-2-5-9-14(11)17-10-12-7-3-4-8-13(12)15(16)18/h2-9H,10H2,1H3,(H2,16,18). The first-order valence-corrected chi connectivity index (χ1v) is 6.15. The maximum Gasteiger partial charge on any atom is 0.122 e. The van der Waals surface area contributed by atoms with Crippen LogP contribution in [-0.4, -0.2) is 4.99 Å². The first-order valence-electron chi connectivity index (χ1n) is 5.74. The van der Waals surface area contributed by atoms with Crippen LogP contribution in [-0.2, 0) is 6.61 Å². The van der Waals surface area contributed by atoms with Gasteiger partial charge >= 0.3 is 0 Å². The van der Waals surface area contributed by atoms with Crippen molar-refractivity contribution in [1.82, 2.24) is 0 Å². The minimum Gasteiger partial charge on any atom is -0.489 e. The normalized spacial score (nSPS) is 10.1. The van der Waals surface area contributed by atoms with Crippen LogP contribution in [0.3, 0.4) is 0 Å². The van der Waals surface area contributed by atoms with Crippen LogP contribution in [0.2, 0.25) is 0 Å². The van der Waals surface area contributed by atoms with Crippen LogP contribution < -0.4 is 10.5 Å². The van der Waals surface area contributed by atoms with Gasteiger partial charge in [0.15, 0.2) is 0 Å². The van der Waals surface area contributed by atoms with Crippen molar-refractivity contribution in [2.24, 2.45) is 5.73 Å². The second-order valence-corrected chi connectivity index (χ2v) is 4.52. The Bertz CT molecular complexity index is 566. The Labute approximate surface area is 112 Å². The highest BCUT2D eigenvalue weighted by molar-refractivity contribution is 7.80. The quantitative estimate of drug-likeness (QED) is 0.854. The van der Waals surface area contributed by atoms with Gasteiger partial charge in [0.25, 0.3) is 0 Å². The summed E-state index contributed by atoms with van der Waals surface area (Å²) < 4.78 is 5.80.